The standard InChI is InChI=1S/C20H20ClN5O3S/c1-13-23-24-25-26(13)18-10-15(14-3-5-17(21)6-4-14)9-16(11-18)19(27)22-20(2)7-8-30(28,29)12-20/h3-6,9-11H,7-8,12H2,1-2H3,(H,22,27). The lowest BCUT2D eigenvalue weighted by Gasteiger charge is -2.24. The molecule has 4 rings (SSSR count). The predicted octanol–water partition coefficient (Wildman–Crippen LogP) is 2.60. The van der Waals surface area contributed by atoms with Crippen LogP contribution in [0, 0.1) is 6.92 Å². The number of hydrogen-bond donors (Lipinski definition) is 1. The highest BCUT2D eigenvalue weighted by atomic mass is 35.5. The summed E-state index contributed by atoms with van der Waals surface area (Å²) >= 11 is 6.00. The van der Waals surface area contributed by atoms with Gasteiger partial charge in [0.05, 0.1) is 22.7 Å². The van der Waals surface area contributed by atoms with Crippen molar-refractivity contribution in [3.05, 3.63) is 58.9 Å². The largest absolute Gasteiger partial charge is 0.346 e. The van der Waals surface area contributed by atoms with Crippen molar-refractivity contribution in [1.29, 1.82) is 0 Å². The van der Waals surface area contributed by atoms with Crippen LogP contribution >= 0.6 is 11.6 Å². The summed E-state index contributed by atoms with van der Waals surface area (Å²) < 4.78 is 25.3. The highest BCUT2D eigenvalue weighted by Gasteiger charge is 2.39. The Labute approximate surface area is 179 Å². The Kier molecular flexibility index (Phi) is 5.11. The van der Waals surface area contributed by atoms with Crippen molar-refractivity contribution in [3.63, 3.8) is 0 Å². The summed E-state index contributed by atoms with van der Waals surface area (Å²) in [7, 11) is -3.14. The maximum absolute atomic E-state index is 13.1. The van der Waals surface area contributed by atoms with Crippen molar-refractivity contribution in [3.8, 4) is 16.8 Å². The van der Waals surface area contributed by atoms with Gasteiger partial charge in [0, 0.05) is 10.6 Å². The number of carbonyl (C=O) groups excluding carboxylic acids is 1. The third kappa shape index (κ3) is 4.22. The van der Waals surface area contributed by atoms with E-state index in [4.69, 9.17) is 11.6 Å². The summed E-state index contributed by atoms with van der Waals surface area (Å²) in [5.74, 6) is 0.228. The first-order chi connectivity index (χ1) is 14.1. The molecule has 1 aliphatic heterocycles. The van der Waals surface area contributed by atoms with Gasteiger partial charge < -0.3 is 5.32 Å². The molecule has 1 atom stereocenters. The fourth-order valence-electron chi connectivity index (χ4n) is 3.60. The minimum Gasteiger partial charge on any atom is -0.346 e. The molecule has 8 nitrogen and oxygen atoms in total. The van der Waals surface area contributed by atoms with Gasteiger partial charge in [-0.25, -0.2) is 8.42 Å². The van der Waals surface area contributed by atoms with Crippen molar-refractivity contribution in [2.75, 3.05) is 11.5 Å². The Balaban J connectivity index is 1.75. The van der Waals surface area contributed by atoms with Crippen LogP contribution in [0.1, 0.15) is 29.5 Å². The molecule has 10 heteroatoms. The minimum atomic E-state index is -3.14. The highest BCUT2D eigenvalue weighted by Crippen LogP contribution is 2.27. The van der Waals surface area contributed by atoms with Gasteiger partial charge >= 0.3 is 0 Å². The van der Waals surface area contributed by atoms with Crippen molar-refractivity contribution < 1.29 is 13.2 Å². The molecule has 1 fully saturated rings. The number of hydrogen-bond acceptors (Lipinski definition) is 6. The SMILES string of the molecule is Cc1nnnn1-c1cc(C(=O)NC2(C)CCS(=O)(=O)C2)cc(-c2ccc(Cl)cc2)c1. The molecule has 1 unspecified atom stereocenters. The van der Waals surface area contributed by atoms with Crippen LogP contribution in [0.4, 0.5) is 0 Å². The topological polar surface area (TPSA) is 107 Å². The van der Waals surface area contributed by atoms with Gasteiger partial charge in [-0.05, 0) is 72.2 Å². The molecule has 2 aromatic carbocycles. The molecular weight excluding hydrogens is 426 g/mol. The molecule has 0 saturated carbocycles. The lowest BCUT2D eigenvalue weighted by molar-refractivity contribution is 0.0915. The first-order valence-electron chi connectivity index (χ1n) is 9.34. The van der Waals surface area contributed by atoms with E-state index < -0.39 is 15.4 Å². The summed E-state index contributed by atoms with van der Waals surface area (Å²) in [4.78, 5) is 13.1. The number of amides is 1. The molecule has 156 valence electrons. The average molecular weight is 446 g/mol. The van der Waals surface area contributed by atoms with E-state index in [-0.39, 0.29) is 17.4 Å². The molecule has 0 aliphatic carbocycles. The number of tetrazole rings is 1. The van der Waals surface area contributed by atoms with Gasteiger partial charge in [0.2, 0.25) is 0 Å². The third-order valence-corrected chi connectivity index (χ3v) is 7.30. The predicted molar refractivity (Wildman–Crippen MR) is 113 cm³/mol. The van der Waals surface area contributed by atoms with Gasteiger partial charge in [0.1, 0.15) is 0 Å². The summed E-state index contributed by atoms with van der Waals surface area (Å²) in [6, 6.07) is 12.6. The molecule has 1 saturated heterocycles. The maximum atomic E-state index is 13.1. The maximum Gasteiger partial charge on any atom is 0.251 e. The van der Waals surface area contributed by atoms with Gasteiger partial charge in [0.15, 0.2) is 15.7 Å². The van der Waals surface area contributed by atoms with Crippen LogP contribution in [-0.4, -0.2) is 51.6 Å². The van der Waals surface area contributed by atoms with Gasteiger partial charge in [-0.2, -0.15) is 4.68 Å². The number of halogens is 1. The number of carbonyl (C=O) groups is 1. The number of nitrogens with one attached hydrogen (secondary N) is 1. The molecule has 0 radical (unpaired) electrons. The molecule has 0 bridgehead atoms. The second-order valence-electron chi connectivity index (χ2n) is 7.77. The van der Waals surface area contributed by atoms with E-state index >= 15 is 0 Å². The molecule has 30 heavy (non-hydrogen) atoms. The summed E-state index contributed by atoms with van der Waals surface area (Å²) in [5, 5.41) is 15.1. The van der Waals surface area contributed by atoms with Crippen LogP contribution in [-0.2, 0) is 9.84 Å². The Morgan fingerprint density at radius 2 is 1.90 bits per heavy atom. The number of nitrogens with zero attached hydrogens (tertiary/aromatic N) is 4. The van der Waals surface area contributed by atoms with Crippen molar-refractivity contribution in [2.24, 2.45) is 0 Å². The van der Waals surface area contributed by atoms with Crippen LogP contribution in [0.2, 0.25) is 5.02 Å². The third-order valence-electron chi connectivity index (χ3n) is 5.15. The molecule has 0 spiro atoms. The molecule has 1 amide bonds. The van der Waals surface area contributed by atoms with Crippen molar-refractivity contribution in [1.82, 2.24) is 25.5 Å². The van der Waals surface area contributed by atoms with E-state index in [0.29, 0.717) is 28.5 Å². The zero-order valence-corrected chi connectivity index (χ0v) is 18.0. The van der Waals surface area contributed by atoms with Crippen molar-refractivity contribution >= 4 is 27.3 Å². The van der Waals surface area contributed by atoms with E-state index in [1.807, 2.05) is 18.2 Å². The molecule has 2 heterocycles. The molecular formula is C20H20ClN5O3S. The Hall–Kier alpha value is -2.78. The van der Waals surface area contributed by atoms with E-state index in [9.17, 15) is 13.2 Å². The van der Waals surface area contributed by atoms with E-state index in [1.54, 1.807) is 38.1 Å². The second-order valence-corrected chi connectivity index (χ2v) is 10.4. The number of aryl methyl sites for hydroxylation is 1. The van der Waals surface area contributed by atoms with Crippen molar-refractivity contribution in [2.45, 2.75) is 25.8 Å². The van der Waals surface area contributed by atoms with Gasteiger partial charge in [-0.15, -0.1) is 5.10 Å². The molecule has 1 aliphatic rings. The van der Waals surface area contributed by atoms with E-state index in [0.717, 1.165) is 11.1 Å². The minimum absolute atomic E-state index is 0.0679. The van der Waals surface area contributed by atoms with Crippen LogP contribution in [0.25, 0.3) is 16.8 Å². The fraction of sp³-hybridized carbons (Fsp3) is 0.300. The summed E-state index contributed by atoms with van der Waals surface area (Å²) in [5.41, 5.74) is 1.87. The van der Waals surface area contributed by atoms with Crippen LogP contribution in [0.5, 0.6) is 0 Å². The lowest BCUT2D eigenvalue weighted by Crippen LogP contribution is -2.46. The van der Waals surface area contributed by atoms with Crippen LogP contribution < -0.4 is 5.32 Å². The number of benzene rings is 2. The zero-order chi connectivity index (χ0) is 21.5. The summed E-state index contributed by atoms with van der Waals surface area (Å²) in [6.45, 7) is 3.52. The molecule has 3 aromatic rings. The van der Waals surface area contributed by atoms with Gasteiger partial charge in [-0.3, -0.25) is 4.79 Å². The zero-order valence-electron chi connectivity index (χ0n) is 16.5. The van der Waals surface area contributed by atoms with E-state index in [2.05, 4.69) is 20.8 Å². The highest BCUT2D eigenvalue weighted by molar-refractivity contribution is 7.91. The Morgan fingerprint density at radius 3 is 2.50 bits per heavy atom. The Morgan fingerprint density at radius 1 is 1.17 bits per heavy atom. The normalized spacial score (nSPS) is 20.2. The second kappa shape index (κ2) is 7.48. The van der Waals surface area contributed by atoms with E-state index in [1.165, 1.54) is 4.68 Å². The van der Waals surface area contributed by atoms with Crippen LogP contribution in [0.3, 0.4) is 0 Å². The lowest BCUT2D eigenvalue weighted by atomic mass is 9.99. The number of rotatable bonds is 4. The Bertz CT molecular complexity index is 1220. The first-order valence-corrected chi connectivity index (χ1v) is 11.5. The quantitative estimate of drug-likeness (QED) is 0.661. The molecule has 1 aromatic heterocycles. The smallest absolute Gasteiger partial charge is 0.251 e. The van der Waals surface area contributed by atoms with Gasteiger partial charge in [0.25, 0.3) is 5.91 Å². The molecule has 1 N–H and O–H groups in total. The number of aromatic nitrogens is 4. The van der Waals surface area contributed by atoms with Gasteiger partial charge in [-0.1, -0.05) is 23.7 Å². The number of sulfone groups is 1. The summed E-state index contributed by atoms with van der Waals surface area (Å²) in [6.07, 6.45) is 0.386. The fourth-order valence-corrected chi connectivity index (χ4v) is 5.82. The average Bonchev–Trinajstić information content (AvgIpc) is 3.24. The monoisotopic (exact) mass is 445 g/mol. The first kappa shape index (κ1) is 20.5. The van der Waals surface area contributed by atoms with Crippen LogP contribution in [0.15, 0.2) is 42.5 Å².